The van der Waals surface area contributed by atoms with E-state index in [1.54, 1.807) is 7.11 Å². The van der Waals surface area contributed by atoms with Crippen molar-refractivity contribution < 1.29 is 9.47 Å². The molecule has 5 rings (SSSR count). The van der Waals surface area contributed by atoms with Crippen LogP contribution in [-0.4, -0.2) is 56.4 Å². The summed E-state index contributed by atoms with van der Waals surface area (Å²) in [7, 11) is 1.72. The van der Waals surface area contributed by atoms with Gasteiger partial charge in [0.25, 0.3) is 0 Å². The Morgan fingerprint density at radius 3 is 2.79 bits per heavy atom. The van der Waals surface area contributed by atoms with Crippen molar-refractivity contribution in [1.29, 1.82) is 0 Å². The normalized spacial score (nSPS) is 33.4. The molecule has 0 bridgehead atoms. The molecule has 4 fully saturated rings. The highest BCUT2D eigenvalue weighted by molar-refractivity contribution is 5.81. The summed E-state index contributed by atoms with van der Waals surface area (Å²) < 4.78 is 11.4. The second-order valence-electron chi connectivity index (χ2n) is 8.96. The number of hydrogen-bond donors (Lipinski definition) is 1. The fourth-order valence-corrected chi connectivity index (χ4v) is 6.08. The number of aliphatic imine (C=N–C) groups is 1. The van der Waals surface area contributed by atoms with Gasteiger partial charge in [-0.25, -0.2) is 0 Å². The molecule has 1 aromatic rings. The number of hydrogen-bond acceptors (Lipinski definition) is 3. The molecular weight excluding hydrogens is 350 g/mol. The zero-order chi connectivity index (χ0) is 19.1. The minimum atomic E-state index is 0.394. The summed E-state index contributed by atoms with van der Waals surface area (Å²) in [6.07, 6.45) is 6.89. The van der Waals surface area contributed by atoms with Crippen molar-refractivity contribution in [2.45, 2.75) is 57.1 Å². The van der Waals surface area contributed by atoms with Crippen molar-refractivity contribution in [3.8, 4) is 5.75 Å². The molecule has 2 aliphatic carbocycles. The highest BCUT2D eigenvalue weighted by Gasteiger charge is 2.66. The molecule has 28 heavy (non-hydrogen) atoms. The van der Waals surface area contributed by atoms with Crippen LogP contribution in [0.25, 0.3) is 0 Å². The molecule has 4 aliphatic rings. The lowest BCUT2D eigenvalue weighted by Gasteiger charge is -2.63. The molecule has 2 aliphatic heterocycles. The smallest absolute Gasteiger partial charge is 0.194 e. The van der Waals surface area contributed by atoms with Crippen LogP contribution in [0.3, 0.4) is 0 Å². The van der Waals surface area contributed by atoms with Crippen molar-refractivity contribution in [3.05, 3.63) is 29.8 Å². The fourth-order valence-electron chi connectivity index (χ4n) is 6.08. The van der Waals surface area contributed by atoms with Crippen LogP contribution in [0.1, 0.15) is 50.5 Å². The molecule has 1 spiro atoms. The molecule has 0 amide bonds. The van der Waals surface area contributed by atoms with Gasteiger partial charge in [-0.3, -0.25) is 4.99 Å². The summed E-state index contributed by atoms with van der Waals surface area (Å²) in [5.41, 5.74) is 1.80. The third-order valence-corrected chi connectivity index (χ3v) is 7.70. The van der Waals surface area contributed by atoms with Crippen LogP contribution in [0.4, 0.5) is 0 Å². The zero-order valence-corrected chi connectivity index (χ0v) is 17.2. The third-order valence-electron chi connectivity index (χ3n) is 7.70. The Morgan fingerprint density at radius 1 is 1.29 bits per heavy atom. The van der Waals surface area contributed by atoms with Gasteiger partial charge in [0.05, 0.1) is 13.2 Å². The van der Waals surface area contributed by atoms with Crippen molar-refractivity contribution in [2.24, 2.45) is 16.3 Å². The third kappa shape index (κ3) is 2.81. The van der Waals surface area contributed by atoms with Gasteiger partial charge in [-0.2, -0.15) is 0 Å². The summed E-state index contributed by atoms with van der Waals surface area (Å²) in [5.74, 6) is 3.30. The number of nitrogens with zero attached hydrogens (tertiary/aromatic N) is 2. The van der Waals surface area contributed by atoms with Crippen molar-refractivity contribution in [2.75, 3.05) is 33.4 Å². The van der Waals surface area contributed by atoms with E-state index in [4.69, 9.17) is 14.5 Å². The summed E-state index contributed by atoms with van der Waals surface area (Å²) in [5, 5.41) is 3.93. The van der Waals surface area contributed by atoms with E-state index in [2.05, 4.69) is 41.4 Å². The first-order chi connectivity index (χ1) is 13.7. The molecule has 0 aromatic heterocycles. The average Bonchev–Trinajstić information content (AvgIpc) is 3.32. The quantitative estimate of drug-likeness (QED) is 0.639. The number of ether oxygens (including phenoxy) is 2. The molecule has 4 atom stereocenters. The van der Waals surface area contributed by atoms with E-state index in [-0.39, 0.29) is 0 Å². The van der Waals surface area contributed by atoms with Gasteiger partial charge in [-0.1, -0.05) is 18.6 Å². The van der Waals surface area contributed by atoms with Crippen LogP contribution in [0.15, 0.2) is 29.3 Å². The molecule has 5 heteroatoms. The first kappa shape index (κ1) is 18.3. The topological polar surface area (TPSA) is 46.1 Å². The minimum Gasteiger partial charge on any atom is -0.497 e. The first-order valence-electron chi connectivity index (χ1n) is 11.1. The van der Waals surface area contributed by atoms with Crippen LogP contribution in [0.2, 0.25) is 0 Å². The van der Waals surface area contributed by atoms with Gasteiger partial charge >= 0.3 is 0 Å². The first-order valence-corrected chi connectivity index (χ1v) is 11.1. The van der Waals surface area contributed by atoms with Gasteiger partial charge in [-0.15, -0.1) is 0 Å². The SMILES string of the molecule is CCN=C(NC1C2CCOC2C12CCC2)N1CCC(c2ccc(OC)cc2)C1. The second-order valence-corrected chi connectivity index (χ2v) is 8.96. The maximum absolute atomic E-state index is 6.10. The lowest BCUT2D eigenvalue weighted by molar-refractivity contribution is -0.171. The predicted molar refractivity (Wildman–Crippen MR) is 111 cm³/mol. The van der Waals surface area contributed by atoms with Gasteiger partial charge in [0.2, 0.25) is 0 Å². The maximum atomic E-state index is 6.10. The molecule has 1 N–H and O–H groups in total. The standard InChI is InChI=1S/C23H33N3O2/c1-3-24-22(25-20-19-10-14-28-21(19)23(20)11-4-12-23)26-13-9-17(15-26)16-5-7-18(27-2)8-6-16/h5-8,17,19-21H,3-4,9-15H2,1-2H3,(H,24,25). The van der Waals surface area contributed by atoms with Crippen LogP contribution in [0, 0.1) is 11.3 Å². The Kier molecular flexibility index (Phi) is 4.74. The van der Waals surface area contributed by atoms with E-state index in [9.17, 15) is 0 Å². The highest BCUT2D eigenvalue weighted by atomic mass is 16.5. The van der Waals surface area contributed by atoms with Crippen LogP contribution in [0.5, 0.6) is 5.75 Å². The van der Waals surface area contributed by atoms with E-state index < -0.39 is 0 Å². The number of fused-ring (bicyclic) bond motifs is 2. The number of guanidine groups is 1. The summed E-state index contributed by atoms with van der Waals surface area (Å²) in [6, 6.07) is 9.14. The maximum Gasteiger partial charge on any atom is 0.194 e. The number of benzene rings is 1. The molecule has 2 saturated heterocycles. The van der Waals surface area contributed by atoms with E-state index in [1.807, 2.05) is 0 Å². The van der Waals surface area contributed by atoms with E-state index >= 15 is 0 Å². The van der Waals surface area contributed by atoms with Crippen LogP contribution < -0.4 is 10.1 Å². The molecule has 5 nitrogen and oxygen atoms in total. The van der Waals surface area contributed by atoms with Gasteiger partial charge < -0.3 is 19.7 Å². The van der Waals surface area contributed by atoms with E-state index in [1.165, 1.54) is 37.7 Å². The largest absolute Gasteiger partial charge is 0.497 e. The molecule has 4 unspecified atom stereocenters. The van der Waals surface area contributed by atoms with E-state index in [0.29, 0.717) is 29.4 Å². The zero-order valence-electron chi connectivity index (χ0n) is 17.2. The summed E-state index contributed by atoms with van der Waals surface area (Å²) >= 11 is 0. The Labute approximate surface area is 168 Å². The molecule has 0 radical (unpaired) electrons. The second kappa shape index (κ2) is 7.25. The highest BCUT2D eigenvalue weighted by Crippen LogP contribution is 2.62. The minimum absolute atomic E-state index is 0.394. The molecule has 152 valence electrons. The lowest BCUT2D eigenvalue weighted by Crippen LogP contribution is -2.72. The van der Waals surface area contributed by atoms with E-state index in [0.717, 1.165) is 38.0 Å². The summed E-state index contributed by atoms with van der Waals surface area (Å²) in [4.78, 5) is 7.37. The Morgan fingerprint density at radius 2 is 2.11 bits per heavy atom. The number of nitrogens with one attached hydrogen (secondary N) is 1. The summed E-state index contributed by atoms with van der Waals surface area (Å²) in [6.45, 7) is 6.03. The van der Waals surface area contributed by atoms with Gasteiger partial charge in [0.1, 0.15) is 5.75 Å². The Bertz CT molecular complexity index is 728. The lowest BCUT2D eigenvalue weighted by atomic mass is 9.46. The fraction of sp³-hybridized carbons (Fsp3) is 0.696. The number of methoxy groups -OCH3 is 1. The van der Waals surface area contributed by atoms with Gasteiger partial charge in [0, 0.05) is 49.5 Å². The van der Waals surface area contributed by atoms with Crippen molar-refractivity contribution >= 4 is 5.96 Å². The Balaban J connectivity index is 1.27. The molecule has 2 saturated carbocycles. The van der Waals surface area contributed by atoms with Crippen LogP contribution >= 0.6 is 0 Å². The van der Waals surface area contributed by atoms with Gasteiger partial charge in [0.15, 0.2) is 5.96 Å². The monoisotopic (exact) mass is 383 g/mol. The Hall–Kier alpha value is -1.75. The van der Waals surface area contributed by atoms with Crippen molar-refractivity contribution in [1.82, 2.24) is 10.2 Å². The van der Waals surface area contributed by atoms with Crippen molar-refractivity contribution in [3.63, 3.8) is 0 Å². The number of rotatable bonds is 4. The molecule has 2 heterocycles. The molecule has 1 aromatic carbocycles. The van der Waals surface area contributed by atoms with Gasteiger partial charge in [-0.05, 0) is 50.3 Å². The molecular formula is C23H33N3O2. The number of likely N-dealkylation sites (tertiary alicyclic amines) is 1. The van der Waals surface area contributed by atoms with Crippen LogP contribution in [-0.2, 0) is 4.74 Å². The predicted octanol–water partition coefficient (Wildman–Crippen LogP) is 3.41. The average molecular weight is 384 g/mol.